The van der Waals surface area contributed by atoms with E-state index in [0.29, 0.717) is 46.1 Å². The van der Waals surface area contributed by atoms with Gasteiger partial charge in [-0.25, -0.2) is 0 Å². The number of rotatable bonds is 12. The van der Waals surface area contributed by atoms with Crippen LogP contribution < -0.4 is 0 Å². The van der Waals surface area contributed by atoms with Crippen LogP contribution in [0.3, 0.4) is 0 Å². The van der Waals surface area contributed by atoms with Gasteiger partial charge in [0.1, 0.15) is 6.29 Å². The molecule has 0 aromatic rings. The number of unbranched alkanes of at least 4 members (excludes halogenated alkanes) is 1. The summed E-state index contributed by atoms with van der Waals surface area (Å²) in [5.74, 6) is 0. The van der Waals surface area contributed by atoms with Gasteiger partial charge in [0, 0.05) is 6.42 Å². The molecule has 6 heteroatoms. The van der Waals surface area contributed by atoms with Gasteiger partial charge < -0.3 is 29.2 Å². The van der Waals surface area contributed by atoms with E-state index < -0.39 is 0 Å². The molecule has 0 unspecified atom stereocenters. The highest BCUT2D eigenvalue weighted by Gasteiger charge is 1.89. The highest BCUT2D eigenvalue weighted by Crippen LogP contribution is 1.80. The average Bonchev–Trinajstić information content (AvgIpc) is 2.39. The highest BCUT2D eigenvalue weighted by atomic mass is 16.5. The van der Waals surface area contributed by atoms with Gasteiger partial charge in [-0.1, -0.05) is 6.92 Å². The maximum atomic E-state index is 9.40. The number of aldehydes is 1. The van der Waals surface area contributed by atoms with Gasteiger partial charge in [-0.2, -0.15) is 0 Å². The van der Waals surface area contributed by atoms with Crippen LogP contribution in [0.15, 0.2) is 0 Å². The minimum absolute atomic E-state index is 0.0413. The van der Waals surface area contributed by atoms with Crippen LogP contribution in [0.1, 0.15) is 19.8 Å². The maximum absolute atomic E-state index is 9.40. The Bertz CT molecular complexity index is 133. The Morgan fingerprint density at radius 3 is 1.44 bits per heavy atom. The van der Waals surface area contributed by atoms with Crippen LogP contribution in [-0.4, -0.2) is 69.4 Å². The lowest BCUT2D eigenvalue weighted by molar-refractivity contribution is -0.107. The van der Waals surface area contributed by atoms with E-state index in [9.17, 15) is 4.79 Å². The molecule has 0 aliphatic heterocycles. The van der Waals surface area contributed by atoms with Gasteiger partial charge in [-0.15, -0.1) is 0 Å². The molecule has 0 rings (SSSR count). The van der Waals surface area contributed by atoms with Gasteiger partial charge in [0.05, 0.1) is 52.9 Å². The summed E-state index contributed by atoms with van der Waals surface area (Å²) in [5, 5.41) is 16.7. The summed E-state index contributed by atoms with van der Waals surface area (Å²) in [6.07, 6.45) is 2.61. The third kappa shape index (κ3) is 24.6. The van der Waals surface area contributed by atoms with Gasteiger partial charge in [0.25, 0.3) is 0 Å². The van der Waals surface area contributed by atoms with Gasteiger partial charge in [-0.05, 0) is 6.42 Å². The van der Waals surface area contributed by atoms with E-state index in [0.717, 1.165) is 12.7 Å². The van der Waals surface area contributed by atoms with E-state index in [4.69, 9.17) is 24.4 Å². The number of carbonyl (C=O) groups excluding carboxylic acids is 1. The predicted molar refractivity (Wildman–Crippen MR) is 67.6 cm³/mol. The molecule has 0 saturated carbocycles. The Kier molecular flexibility index (Phi) is 23.9. The molecule has 110 valence electrons. The Balaban J connectivity index is 0. The lowest BCUT2D eigenvalue weighted by atomic mass is 10.4. The molecule has 0 aliphatic carbocycles. The molecule has 0 saturated heterocycles. The molecular weight excluding hydrogens is 240 g/mol. The molecule has 0 aromatic heterocycles. The standard InChI is InChI=1S/C8H18O5.C4H8O/c9-1-3-11-5-7-13-8-6-12-4-2-10;1-2-3-4-5/h9-10H,1-8H2;4H,2-3H2,1H3. The minimum atomic E-state index is 0.0413. The van der Waals surface area contributed by atoms with Crippen molar-refractivity contribution in [3.8, 4) is 0 Å². The number of ether oxygens (including phenoxy) is 3. The molecule has 0 heterocycles. The topological polar surface area (TPSA) is 85.2 Å². The first-order chi connectivity index (χ1) is 8.83. The second kappa shape index (κ2) is 21.7. The number of hydrogen-bond acceptors (Lipinski definition) is 6. The van der Waals surface area contributed by atoms with Crippen molar-refractivity contribution in [2.75, 3.05) is 52.9 Å². The highest BCUT2D eigenvalue weighted by molar-refractivity contribution is 5.48. The van der Waals surface area contributed by atoms with Crippen LogP contribution in [0.25, 0.3) is 0 Å². The van der Waals surface area contributed by atoms with Crippen molar-refractivity contribution in [3.05, 3.63) is 0 Å². The SMILES string of the molecule is CCCC=O.OCCOCCOCCOCCO. The molecular formula is C12H26O6. The number of aliphatic hydroxyl groups is 2. The van der Waals surface area contributed by atoms with Gasteiger partial charge >= 0.3 is 0 Å². The first-order valence-corrected chi connectivity index (χ1v) is 6.22. The van der Waals surface area contributed by atoms with E-state index in [1.165, 1.54) is 0 Å². The lowest BCUT2D eigenvalue weighted by Crippen LogP contribution is -2.11. The van der Waals surface area contributed by atoms with Crippen LogP contribution in [0.5, 0.6) is 0 Å². The van der Waals surface area contributed by atoms with Crippen LogP contribution in [-0.2, 0) is 19.0 Å². The molecule has 0 aromatic carbocycles. The molecule has 0 bridgehead atoms. The van der Waals surface area contributed by atoms with Crippen LogP contribution >= 0.6 is 0 Å². The Labute approximate surface area is 109 Å². The zero-order valence-corrected chi connectivity index (χ0v) is 11.2. The van der Waals surface area contributed by atoms with Crippen LogP contribution in [0, 0.1) is 0 Å². The summed E-state index contributed by atoms with van der Waals surface area (Å²) in [6, 6.07) is 0. The first-order valence-electron chi connectivity index (χ1n) is 6.22. The zero-order valence-electron chi connectivity index (χ0n) is 11.2. The first kappa shape index (κ1) is 19.8. The molecule has 0 aliphatic rings. The smallest absolute Gasteiger partial charge is 0.119 e. The molecule has 0 atom stereocenters. The van der Waals surface area contributed by atoms with Gasteiger partial charge in [0.2, 0.25) is 0 Å². The van der Waals surface area contributed by atoms with Crippen molar-refractivity contribution in [1.29, 1.82) is 0 Å². The van der Waals surface area contributed by atoms with Crippen LogP contribution in [0.4, 0.5) is 0 Å². The number of hydrogen-bond donors (Lipinski definition) is 2. The largest absolute Gasteiger partial charge is 0.394 e. The third-order valence-corrected chi connectivity index (χ3v) is 1.62. The van der Waals surface area contributed by atoms with E-state index in [-0.39, 0.29) is 13.2 Å². The molecule has 0 radical (unpaired) electrons. The summed E-state index contributed by atoms with van der Waals surface area (Å²) >= 11 is 0. The normalized spacial score (nSPS) is 9.72. The van der Waals surface area contributed by atoms with E-state index >= 15 is 0 Å². The summed E-state index contributed by atoms with van der Waals surface area (Å²) in [6.45, 7) is 4.74. The molecule has 0 amide bonds. The van der Waals surface area contributed by atoms with Crippen molar-refractivity contribution in [2.45, 2.75) is 19.8 Å². The van der Waals surface area contributed by atoms with E-state index in [2.05, 4.69) is 0 Å². The molecule has 6 nitrogen and oxygen atoms in total. The summed E-state index contributed by atoms with van der Waals surface area (Å²) in [4.78, 5) is 9.40. The van der Waals surface area contributed by atoms with Crippen molar-refractivity contribution in [3.63, 3.8) is 0 Å². The average molecular weight is 266 g/mol. The van der Waals surface area contributed by atoms with E-state index in [1.807, 2.05) is 6.92 Å². The van der Waals surface area contributed by atoms with Gasteiger partial charge in [0.15, 0.2) is 0 Å². The quantitative estimate of drug-likeness (QED) is 0.382. The third-order valence-electron chi connectivity index (χ3n) is 1.62. The van der Waals surface area contributed by atoms with Crippen LogP contribution in [0.2, 0.25) is 0 Å². The molecule has 2 N–H and O–H groups in total. The Hall–Kier alpha value is -0.530. The zero-order chi connectivity index (χ0) is 13.9. The van der Waals surface area contributed by atoms with Crippen molar-refractivity contribution in [2.24, 2.45) is 0 Å². The Morgan fingerprint density at radius 1 is 0.833 bits per heavy atom. The predicted octanol–water partition coefficient (Wildman–Crippen LogP) is 0.00620. The van der Waals surface area contributed by atoms with Crippen molar-refractivity contribution < 1.29 is 29.2 Å². The summed E-state index contributed by atoms with van der Waals surface area (Å²) in [5.41, 5.74) is 0. The van der Waals surface area contributed by atoms with Crippen molar-refractivity contribution in [1.82, 2.24) is 0 Å². The summed E-state index contributed by atoms with van der Waals surface area (Å²) in [7, 11) is 0. The fourth-order valence-corrected chi connectivity index (χ4v) is 0.789. The second-order valence-corrected chi connectivity index (χ2v) is 3.24. The monoisotopic (exact) mass is 266 g/mol. The molecule has 0 fully saturated rings. The van der Waals surface area contributed by atoms with Crippen molar-refractivity contribution >= 4 is 6.29 Å². The van der Waals surface area contributed by atoms with E-state index in [1.54, 1.807) is 0 Å². The number of carbonyl (C=O) groups is 1. The summed E-state index contributed by atoms with van der Waals surface area (Å²) < 4.78 is 15.0. The van der Waals surface area contributed by atoms with Gasteiger partial charge in [-0.3, -0.25) is 0 Å². The second-order valence-electron chi connectivity index (χ2n) is 3.24. The minimum Gasteiger partial charge on any atom is -0.394 e. The maximum Gasteiger partial charge on any atom is 0.119 e. The lowest BCUT2D eigenvalue weighted by Gasteiger charge is -2.04. The molecule has 18 heavy (non-hydrogen) atoms. The fourth-order valence-electron chi connectivity index (χ4n) is 0.789. The number of aliphatic hydroxyl groups excluding tert-OH is 2. The fraction of sp³-hybridized carbons (Fsp3) is 0.917. The Morgan fingerprint density at radius 2 is 1.22 bits per heavy atom. The molecule has 0 spiro atoms.